The van der Waals surface area contributed by atoms with Crippen LogP contribution >= 0.6 is 23.4 Å². The van der Waals surface area contributed by atoms with E-state index in [-0.39, 0.29) is 11.2 Å². The van der Waals surface area contributed by atoms with Gasteiger partial charge in [0.2, 0.25) is 5.91 Å². The first-order valence-electron chi connectivity index (χ1n) is 8.94. The number of nitrogens with one attached hydrogen (secondary N) is 1. The molecule has 1 amide bonds. The van der Waals surface area contributed by atoms with Crippen molar-refractivity contribution in [3.05, 3.63) is 75.9 Å². The van der Waals surface area contributed by atoms with Gasteiger partial charge in [-0.15, -0.1) is 11.8 Å². The molecule has 28 heavy (non-hydrogen) atoms. The van der Waals surface area contributed by atoms with Crippen LogP contribution in [0.3, 0.4) is 0 Å². The van der Waals surface area contributed by atoms with Gasteiger partial charge in [-0.05, 0) is 30.7 Å². The molecule has 2 aromatic carbocycles. The van der Waals surface area contributed by atoms with Crippen LogP contribution in [0.5, 0.6) is 5.75 Å². The Balaban J connectivity index is 1.62. The summed E-state index contributed by atoms with van der Waals surface area (Å²) in [5, 5.41) is 8.17. The largest absolute Gasteiger partial charge is 0.489 e. The van der Waals surface area contributed by atoms with Crippen LogP contribution < -0.4 is 10.1 Å². The molecule has 1 aliphatic rings. The first kappa shape index (κ1) is 18.9. The Morgan fingerprint density at radius 3 is 2.93 bits per heavy atom. The van der Waals surface area contributed by atoms with Gasteiger partial charge >= 0.3 is 0 Å². The maximum absolute atomic E-state index is 12.1. The van der Waals surface area contributed by atoms with E-state index in [4.69, 9.17) is 16.3 Å². The molecule has 0 saturated heterocycles. The van der Waals surface area contributed by atoms with Crippen LogP contribution in [-0.2, 0) is 18.4 Å². The monoisotopic (exact) mass is 413 g/mol. The van der Waals surface area contributed by atoms with Crippen molar-refractivity contribution in [2.75, 3.05) is 11.1 Å². The molecule has 0 aliphatic carbocycles. The normalized spacial score (nSPS) is 16.2. The summed E-state index contributed by atoms with van der Waals surface area (Å²) in [4.78, 5) is 12.1. The number of rotatable bonds is 4. The zero-order chi connectivity index (χ0) is 19.7. The fourth-order valence-electron chi connectivity index (χ4n) is 3.35. The van der Waals surface area contributed by atoms with E-state index >= 15 is 0 Å². The number of thioether (sulfide) groups is 1. The summed E-state index contributed by atoms with van der Waals surface area (Å²) in [6, 6.07) is 15.7. The van der Waals surface area contributed by atoms with Crippen LogP contribution in [0.4, 0.5) is 5.82 Å². The first-order valence-corrected chi connectivity index (χ1v) is 10.4. The zero-order valence-electron chi connectivity index (χ0n) is 15.6. The maximum atomic E-state index is 12.1. The topological polar surface area (TPSA) is 56.2 Å². The number of halogens is 1. The summed E-state index contributed by atoms with van der Waals surface area (Å²) < 4.78 is 7.72. The Labute approximate surface area is 173 Å². The van der Waals surface area contributed by atoms with Crippen LogP contribution in [0.2, 0.25) is 5.02 Å². The summed E-state index contributed by atoms with van der Waals surface area (Å²) in [7, 11) is 1.85. The Kier molecular flexibility index (Phi) is 5.33. The van der Waals surface area contributed by atoms with Gasteiger partial charge in [0.15, 0.2) is 0 Å². The molecule has 0 bridgehead atoms. The Morgan fingerprint density at radius 2 is 2.11 bits per heavy atom. The third kappa shape index (κ3) is 3.75. The predicted molar refractivity (Wildman–Crippen MR) is 113 cm³/mol. The highest BCUT2D eigenvalue weighted by Gasteiger charge is 2.29. The van der Waals surface area contributed by atoms with Crippen molar-refractivity contribution >= 4 is 35.1 Å². The number of carbonyl (C=O) groups excluding carboxylic acids is 1. The van der Waals surface area contributed by atoms with Crippen molar-refractivity contribution in [1.82, 2.24) is 9.78 Å². The van der Waals surface area contributed by atoms with E-state index in [1.54, 1.807) is 16.4 Å². The predicted octanol–water partition coefficient (Wildman–Crippen LogP) is 4.74. The second-order valence-electron chi connectivity index (χ2n) is 6.66. The molecule has 5 nitrogen and oxygen atoms in total. The molecule has 7 heteroatoms. The molecule has 4 rings (SSSR count). The minimum atomic E-state index is -0.0112. The number of hydrogen-bond acceptors (Lipinski definition) is 4. The number of anilines is 1. The van der Waals surface area contributed by atoms with E-state index in [0.717, 1.165) is 34.0 Å². The molecule has 144 valence electrons. The van der Waals surface area contributed by atoms with Gasteiger partial charge in [-0.2, -0.15) is 5.10 Å². The highest BCUT2D eigenvalue weighted by atomic mass is 35.5. The fourth-order valence-corrected chi connectivity index (χ4v) is 4.72. The molecule has 0 unspecified atom stereocenters. The lowest BCUT2D eigenvalue weighted by Gasteiger charge is -2.16. The number of ether oxygens (including phenoxy) is 1. The standard InChI is InChI=1S/C21H20ClN3O2S/c1-13-19-20(28-12-18(26)23-21(19)25(2)24-13)14-7-5-8-16(10-14)27-11-15-6-3-4-9-17(15)22/h3-10,20H,11-12H2,1-2H3,(H,23,26)/t20-/m0/s1. The SMILES string of the molecule is Cc1nn(C)c2c1[C@H](c1cccc(OCc3ccccc3Cl)c1)SCC(=O)N2. The van der Waals surface area contributed by atoms with Gasteiger partial charge in [0, 0.05) is 23.2 Å². The lowest BCUT2D eigenvalue weighted by Crippen LogP contribution is -2.15. The minimum absolute atomic E-state index is 0.00603. The third-order valence-electron chi connectivity index (χ3n) is 4.68. The molecule has 1 atom stereocenters. The van der Waals surface area contributed by atoms with Gasteiger partial charge in [0.1, 0.15) is 18.2 Å². The number of nitrogens with zero attached hydrogens (tertiary/aromatic N) is 2. The van der Waals surface area contributed by atoms with Gasteiger partial charge in [-0.25, -0.2) is 0 Å². The van der Waals surface area contributed by atoms with Gasteiger partial charge in [0.25, 0.3) is 0 Å². The molecule has 1 aliphatic heterocycles. The van der Waals surface area contributed by atoms with Crippen LogP contribution in [0.1, 0.15) is 27.6 Å². The van der Waals surface area contributed by atoms with E-state index in [2.05, 4.69) is 16.5 Å². The van der Waals surface area contributed by atoms with Crippen LogP contribution in [-0.4, -0.2) is 21.4 Å². The average Bonchev–Trinajstić information content (AvgIpc) is 2.85. The third-order valence-corrected chi connectivity index (χ3v) is 6.32. The summed E-state index contributed by atoms with van der Waals surface area (Å²) in [6.07, 6.45) is 0. The van der Waals surface area contributed by atoms with Crippen LogP contribution in [0, 0.1) is 6.92 Å². The van der Waals surface area contributed by atoms with E-state index in [1.807, 2.05) is 56.4 Å². The smallest absolute Gasteiger partial charge is 0.235 e. The number of carbonyl (C=O) groups is 1. The van der Waals surface area contributed by atoms with Crippen molar-refractivity contribution in [3.8, 4) is 5.75 Å². The van der Waals surface area contributed by atoms with Crippen molar-refractivity contribution in [3.63, 3.8) is 0 Å². The van der Waals surface area contributed by atoms with Gasteiger partial charge < -0.3 is 10.1 Å². The summed E-state index contributed by atoms with van der Waals surface area (Å²) in [6.45, 7) is 2.37. The molecule has 0 spiro atoms. The summed E-state index contributed by atoms with van der Waals surface area (Å²) in [5.41, 5.74) is 3.98. The number of fused-ring (bicyclic) bond motifs is 1. The lowest BCUT2D eigenvalue weighted by molar-refractivity contribution is -0.113. The zero-order valence-corrected chi connectivity index (χ0v) is 17.2. The number of aryl methyl sites for hydroxylation is 2. The Morgan fingerprint density at radius 1 is 1.29 bits per heavy atom. The highest BCUT2D eigenvalue weighted by Crippen LogP contribution is 2.43. The molecular formula is C21H20ClN3O2S. The van der Waals surface area contributed by atoms with E-state index in [9.17, 15) is 4.79 Å². The molecule has 3 aromatic rings. The Bertz CT molecular complexity index is 1030. The van der Waals surface area contributed by atoms with Crippen LogP contribution in [0.25, 0.3) is 0 Å². The molecule has 1 aromatic heterocycles. The van der Waals surface area contributed by atoms with Crippen molar-refractivity contribution in [2.24, 2.45) is 7.05 Å². The highest BCUT2D eigenvalue weighted by molar-refractivity contribution is 8.00. The first-order chi connectivity index (χ1) is 13.5. The van der Waals surface area contributed by atoms with E-state index in [1.165, 1.54) is 0 Å². The molecule has 1 N–H and O–H groups in total. The molecule has 2 heterocycles. The summed E-state index contributed by atoms with van der Waals surface area (Å²) >= 11 is 7.82. The average molecular weight is 414 g/mol. The van der Waals surface area contributed by atoms with Crippen molar-refractivity contribution in [1.29, 1.82) is 0 Å². The quantitative estimate of drug-likeness (QED) is 0.671. The van der Waals surface area contributed by atoms with Crippen molar-refractivity contribution < 1.29 is 9.53 Å². The van der Waals surface area contributed by atoms with Gasteiger partial charge in [0.05, 0.1) is 16.7 Å². The fraction of sp³-hybridized carbons (Fsp3) is 0.238. The lowest BCUT2D eigenvalue weighted by atomic mass is 10.0. The number of aromatic nitrogens is 2. The maximum Gasteiger partial charge on any atom is 0.235 e. The Hall–Kier alpha value is -2.44. The van der Waals surface area contributed by atoms with E-state index in [0.29, 0.717) is 17.4 Å². The molecule has 0 radical (unpaired) electrons. The second-order valence-corrected chi connectivity index (χ2v) is 8.16. The molecular weight excluding hydrogens is 394 g/mol. The van der Waals surface area contributed by atoms with Crippen LogP contribution in [0.15, 0.2) is 48.5 Å². The number of amides is 1. The van der Waals surface area contributed by atoms with Gasteiger partial charge in [-0.1, -0.05) is 41.9 Å². The number of benzene rings is 2. The minimum Gasteiger partial charge on any atom is -0.489 e. The van der Waals surface area contributed by atoms with E-state index < -0.39 is 0 Å². The second kappa shape index (κ2) is 7.89. The molecule has 0 saturated carbocycles. The van der Waals surface area contributed by atoms with Crippen molar-refractivity contribution in [2.45, 2.75) is 18.8 Å². The van der Waals surface area contributed by atoms with Gasteiger partial charge in [-0.3, -0.25) is 9.48 Å². The molecule has 0 fully saturated rings. The summed E-state index contributed by atoms with van der Waals surface area (Å²) in [5.74, 6) is 1.91. The number of hydrogen-bond donors (Lipinski definition) is 1.